The molecule has 2 fully saturated rings. The third-order valence-corrected chi connectivity index (χ3v) is 5.73. The van der Waals surface area contributed by atoms with E-state index in [0.29, 0.717) is 5.56 Å². The number of hydrogen-bond donors (Lipinski definition) is 2. The highest BCUT2D eigenvalue weighted by Crippen LogP contribution is 2.25. The van der Waals surface area contributed by atoms with Gasteiger partial charge in [-0.2, -0.15) is 0 Å². The van der Waals surface area contributed by atoms with Crippen LogP contribution in [0.2, 0.25) is 0 Å². The van der Waals surface area contributed by atoms with E-state index in [4.69, 9.17) is 0 Å². The smallest absolute Gasteiger partial charge is 0.324 e. The van der Waals surface area contributed by atoms with Gasteiger partial charge in [0.25, 0.3) is 5.91 Å². The highest BCUT2D eigenvalue weighted by molar-refractivity contribution is 6.04. The minimum atomic E-state index is -0.202. The van der Waals surface area contributed by atoms with Crippen LogP contribution in [0.1, 0.15) is 74.6 Å². The highest BCUT2D eigenvalue weighted by atomic mass is 16.2. The van der Waals surface area contributed by atoms with Gasteiger partial charge in [0.05, 0.1) is 0 Å². The van der Waals surface area contributed by atoms with Crippen LogP contribution in [0.4, 0.5) is 10.5 Å². The summed E-state index contributed by atoms with van der Waals surface area (Å²) in [7, 11) is 1.85. The number of imide groups is 1. The van der Waals surface area contributed by atoms with Gasteiger partial charge in [-0.05, 0) is 49.9 Å². The highest BCUT2D eigenvalue weighted by Gasteiger charge is 2.32. The molecule has 2 aliphatic carbocycles. The summed E-state index contributed by atoms with van der Waals surface area (Å²) in [6.45, 7) is 0. The van der Waals surface area contributed by atoms with Crippen molar-refractivity contribution < 1.29 is 9.59 Å². The number of benzene rings is 1. The summed E-state index contributed by atoms with van der Waals surface area (Å²) in [6.07, 6.45) is 10.8. The number of nitrogens with one attached hydrogen (secondary N) is 2. The Morgan fingerprint density at radius 3 is 2.04 bits per heavy atom. The molecule has 2 saturated carbocycles. The van der Waals surface area contributed by atoms with Crippen molar-refractivity contribution in [1.82, 2.24) is 10.2 Å². The quantitative estimate of drug-likeness (QED) is 0.831. The fourth-order valence-electron chi connectivity index (χ4n) is 4.17. The number of nitrogens with zero attached hydrogens (tertiary/aromatic N) is 1. The van der Waals surface area contributed by atoms with Gasteiger partial charge < -0.3 is 10.6 Å². The predicted octanol–water partition coefficient (Wildman–Crippen LogP) is 4.55. The van der Waals surface area contributed by atoms with E-state index in [2.05, 4.69) is 10.6 Å². The molecule has 2 N–H and O–H groups in total. The van der Waals surface area contributed by atoms with Gasteiger partial charge in [-0.1, -0.05) is 38.5 Å². The van der Waals surface area contributed by atoms with E-state index in [1.54, 1.807) is 12.1 Å². The van der Waals surface area contributed by atoms with Crippen LogP contribution in [0.25, 0.3) is 0 Å². The second-order valence-corrected chi connectivity index (χ2v) is 7.58. The molecule has 0 heterocycles. The monoisotopic (exact) mass is 357 g/mol. The van der Waals surface area contributed by atoms with E-state index in [-0.39, 0.29) is 24.0 Å². The normalized spacial score (nSPS) is 19.0. The number of anilines is 1. The summed E-state index contributed by atoms with van der Waals surface area (Å²) in [5.41, 5.74) is 1.53. The van der Waals surface area contributed by atoms with Crippen molar-refractivity contribution in [1.29, 1.82) is 0 Å². The van der Waals surface area contributed by atoms with E-state index in [1.807, 2.05) is 19.2 Å². The predicted molar refractivity (Wildman–Crippen MR) is 104 cm³/mol. The lowest BCUT2D eigenvalue weighted by Crippen LogP contribution is -2.52. The molecule has 5 nitrogen and oxygen atoms in total. The maximum Gasteiger partial charge on any atom is 0.324 e. The van der Waals surface area contributed by atoms with Crippen LogP contribution in [-0.4, -0.2) is 36.0 Å². The Kier molecular flexibility index (Phi) is 6.53. The SMILES string of the molecule is CNc1ccc(C(=O)N(C(=O)NC2CCCCC2)C2CCCCC2)cc1. The van der Waals surface area contributed by atoms with Crippen molar-refractivity contribution in [3.63, 3.8) is 0 Å². The molecule has 142 valence electrons. The average molecular weight is 357 g/mol. The van der Waals surface area contributed by atoms with E-state index >= 15 is 0 Å². The zero-order valence-electron chi connectivity index (χ0n) is 15.8. The molecule has 0 radical (unpaired) electrons. The van der Waals surface area contributed by atoms with Crippen molar-refractivity contribution in [2.45, 2.75) is 76.3 Å². The van der Waals surface area contributed by atoms with Gasteiger partial charge in [0.1, 0.15) is 0 Å². The minimum absolute atomic E-state index is 0.0174. The Bertz CT molecular complexity index is 602. The van der Waals surface area contributed by atoms with Crippen molar-refractivity contribution >= 4 is 17.6 Å². The molecule has 0 atom stereocenters. The summed E-state index contributed by atoms with van der Waals surface area (Å²) < 4.78 is 0. The zero-order chi connectivity index (χ0) is 18.4. The molecule has 0 bridgehead atoms. The van der Waals surface area contributed by atoms with Crippen LogP contribution < -0.4 is 10.6 Å². The van der Waals surface area contributed by atoms with Gasteiger partial charge in [-0.25, -0.2) is 4.79 Å². The largest absolute Gasteiger partial charge is 0.388 e. The zero-order valence-corrected chi connectivity index (χ0v) is 15.8. The Balaban J connectivity index is 1.76. The molecule has 0 saturated heterocycles. The molecule has 0 unspecified atom stereocenters. The number of carbonyl (C=O) groups excluding carboxylic acids is 2. The number of carbonyl (C=O) groups is 2. The summed E-state index contributed by atoms with van der Waals surface area (Å²) in [5, 5.41) is 6.20. The molecule has 1 aromatic carbocycles. The van der Waals surface area contributed by atoms with Crippen LogP contribution in [0.15, 0.2) is 24.3 Å². The molecule has 0 aliphatic heterocycles. The van der Waals surface area contributed by atoms with Gasteiger partial charge >= 0.3 is 6.03 Å². The van der Waals surface area contributed by atoms with Crippen LogP contribution in [-0.2, 0) is 0 Å². The van der Waals surface area contributed by atoms with Gasteiger partial charge in [0, 0.05) is 30.4 Å². The lowest BCUT2D eigenvalue weighted by atomic mass is 9.93. The number of rotatable bonds is 4. The maximum absolute atomic E-state index is 13.2. The fraction of sp³-hybridized carbons (Fsp3) is 0.619. The van der Waals surface area contributed by atoms with Crippen molar-refractivity contribution in [3.05, 3.63) is 29.8 Å². The van der Waals surface area contributed by atoms with Crippen molar-refractivity contribution in [2.75, 3.05) is 12.4 Å². The van der Waals surface area contributed by atoms with Gasteiger partial charge in [-0.15, -0.1) is 0 Å². The molecule has 3 amide bonds. The molecule has 3 rings (SSSR count). The first-order chi connectivity index (χ1) is 12.7. The average Bonchev–Trinajstić information content (AvgIpc) is 2.70. The summed E-state index contributed by atoms with van der Waals surface area (Å²) in [6, 6.07) is 7.39. The number of hydrogen-bond acceptors (Lipinski definition) is 3. The standard InChI is InChI=1S/C21H31N3O2/c1-22-17-14-12-16(13-15-17)20(25)24(19-10-6-3-7-11-19)21(26)23-18-8-4-2-5-9-18/h12-15,18-19,22H,2-11H2,1H3,(H,23,26). The summed E-state index contributed by atoms with van der Waals surface area (Å²) in [4.78, 5) is 27.7. The maximum atomic E-state index is 13.2. The molecule has 0 spiro atoms. The molecule has 0 aromatic heterocycles. The van der Waals surface area contributed by atoms with Crippen LogP contribution in [0.5, 0.6) is 0 Å². The van der Waals surface area contributed by atoms with Crippen molar-refractivity contribution in [2.24, 2.45) is 0 Å². The van der Waals surface area contributed by atoms with E-state index in [9.17, 15) is 9.59 Å². The van der Waals surface area contributed by atoms with Gasteiger partial charge in [0.15, 0.2) is 0 Å². The Morgan fingerprint density at radius 1 is 0.885 bits per heavy atom. The van der Waals surface area contributed by atoms with E-state index < -0.39 is 0 Å². The topological polar surface area (TPSA) is 61.4 Å². The first kappa shape index (κ1) is 18.7. The van der Waals surface area contributed by atoms with E-state index in [1.165, 1.54) is 17.7 Å². The number of urea groups is 1. The second-order valence-electron chi connectivity index (χ2n) is 7.58. The van der Waals surface area contributed by atoms with Crippen LogP contribution in [0.3, 0.4) is 0 Å². The fourth-order valence-corrected chi connectivity index (χ4v) is 4.17. The number of amides is 3. The summed E-state index contributed by atoms with van der Waals surface area (Å²) in [5.74, 6) is -0.173. The molecular weight excluding hydrogens is 326 g/mol. The van der Waals surface area contributed by atoms with Crippen LogP contribution in [0, 0.1) is 0 Å². The summed E-state index contributed by atoms with van der Waals surface area (Å²) >= 11 is 0. The second kappa shape index (κ2) is 9.06. The van der Waals surface area contributed by atoms with Crippen molar-refractivity contribution in [3.8, 4) is 0 Å². The Hall–Kier alpha value is -2.04. The molecule has 2 aliphatic rings. The van der Waals surface area contributed by atoms with Gasteiger partial charge in [-0.3, -0.25) is 9.69 Å². The minimum Gasteiger partial charge on any atom is -0.388 e. The molecule has 1 aromatic rings. The van der Waals surface area contributed by atoms with Crippen LogP contribution >= 0.6 is 0 Å². The van der Waals surface area contributed by atoms with Gasteiger partial charge in [0.2, 0.25) is 0 Å². The molecule has 5 heteroatoms. The lowest BCUT2D eigenvalue weighted by molar-refractivity contribution is 0.0702. The first-order valence-electron chi connectivity index (χ1n) is 10.1. The molecule has 26 heavy (non-hydrogen) atoms. The third kappa shape index (κ3) is 4.57. The van der Waals surface area contributed by atoms with E-state index in [0.717, 1.165) is 57.1 Å². The Morgan fingerprint density at radius 2 is 1.46 bits per heavy atom. The third-order valence-electron chi connectivity index (χ3n) is 5.73. The lowest BCUT2D eigenvalue weighted by Gasteiger charge is -2.34. The molecular formula is C21H31N3O2. The first-order valence-corrected chi connectivity index (χ1v) is 10.1. The Labute approximate surface area is 156 Å².